The highest BCUT2D eigenvalue weighted by molar-refractivity contribution is 7.14. The third-order valence-corrected chi connectivity index (χ3v) is 7.34. The SMILES string of the molecule is O=C(NCCCN1CCOCC1)[C@@H]1CCc2sc(C(=O)N3CCCC3)cc2C1. The second-order valence-corrected chi connectivity index (χ2v) is 9.23. The number of likely N-dealkylation sites (tertiary alicyclic amines) is 1. The molecule has 7 heteroatoms. The van der Waals surface area contributed by atoms with Gasteiger partial charge in [0.15, 0.2) is 0 Å². The van der Waals surface area contributed by atoms with E-state index < -0.39 is 0 Å². The molecule has 2 amide bonds. The lowest BCUT2D eigenvalue weighted by Gasteiger charge is -2.26. The van der Waals surface area contributed by atoms with E-state index in [9.17, 15) is 9.59 Å². The van der Waals surface area contributed by atoms with Crippen LogP contribution in [0.4, 0.5) is 0 Å². The molecular formula is C21H31N3O3S. The van der Waals surface area contributed by atoms with Gasteiger partial charge in [-0.15, -0.1) is 11.3 Å². The molecule has 3 heterocycles. The van der Waals surface area contributed by atoms with E-state index in [0.29, 0.717) is 0 Å². The molecule has 1 aromatic heterocycles. The molecule has 1 N–H and O–H groups in total. The third kappa shape index (κ3) is 4.75. The molecule has 1 aromatic rings. The van der Waals surface area contributed by atoms with E-state index in [1.54, 1.807) is 11.3 Å². The van der Waals surface area contributed by atoms with E-state index in [1.807, 2.05) is 4.90 Å². The Balaban J connectivity index is 1.24. The molecule has 6 nitrogen and oxygen atoms in total. The average molecular weight is 406 g/mol. The van der Waals surface area contributed by atoms with Crippen LogP contribution < -0.4 is 5.32 Å². The fourth-order valence-corrected chi connectivity index (χ4v) is 5.59. The standard InChI is InChI=1S/C21H31N3O3S/c25-20(22-6-3-7-23-10-12-27-13-11-23)16-4-5-18-17(14-16)15-19(28-18)21(26)24-8-1-2-9-24/h15-16H,1-14H2,(H,22,25)/t16-/m1/s1. The maximum Gasteiger partial charge on any atom is 0.263 e. The van der Waals surface area contributed by atoms with Crippen LogP contribution in [0.25, 0.3) is 0 Å². The lowest BCUT2D eigenvalue weighted by molar-refractivity contribution is -0.125. The quantitative estimate of drug-likeness (QED) is 0.735. The number of aryl methyl sites for hydroxylation is 1. The maximum atomic E-state index is 12.6. The first kappa shape index (κ1) is 19.9. The van der Waals surface area contributed by atoms with Crippen molar-refractivity contribution in [1.82, 2.24) is 15.1 Å². The van der Waals surface area contributed by atoms with Gasteiger partial charge in [-0.1, -0.05) is 0 Å². The van der Waals surface area contributed by atoms with Gasteiger partial charge in [0.1, 0.15) is 0 Å². The van der Waals surface area contributed by atoms with Crippen molar-refractivity contribution in [1.29, 1.82) is 0 Å². The number of nitrogens with zero attached hydrogens (tertiary/aromatic N) is 2. The van der Waals surface area contributed by atoms with Crippen LogP contribution in [0.15, 0.2) is 6.07 Å². The fourth-order valence-electron chi connectivity index (χ4n) is 4.41. The lowest BCUT2D eigenvalue weighted by Crippen LogP contribution is -2.39. The van der Waals surface area contributed by atoms with Crippen LogP contribution >= 0.6 is 11.3 Å². The van der Waals surface area contributed by atoms with Crippen LogP contribution in [0.2, 0.25) is 0 Å². The minimum absolute atomic E-state index is 0.0419. The van der Waals surface area contributed by atoms with Crippen molar-refractivity contribution in [2.45, 2.75) is 38.5 Å². The van der Waals surface area contributed by atoms with Crippen molar-refractivity contribution in [2.24, 2.45) is 5.92 Å². The number of nitrogens with one attached hydrogen (secondary N) is 1. The van der Waals surface area contributed by atoms with Gasteiger partial charge in [0.2, 0.25) is 5.91 Å². The summed E-state index contributed by atoms with van der Waals surface area (Å²) in [5, 5.41) is 3.13. The molecule has 28 heavy (non-hydrogen) atoms. The van der Waals surface area contributed by atoms with E-state index in [4.69, 9.17) is 4.74 Å². The molecule has 154 valence electrons. The second kappa shape index (κ2) is 9.37. The number of rotatable bonds is 6. The topological polar surface area (TPSA) is 61.9 Å². The number of carbonyl (C=O) groups excluding carboxylic acids is 2. The van der Waals surface area contributed by atoms with Crippen molar-refractivity contribution in [3.63, 3.8) is 0 Å². The first-order valence-electron chi connectivity index (χ1n) is 10.7. The predicted molar refractivity (Wildman–Crippen MR) is 110 cm³/mol. The third-order valence-electron chi connectivity index (χ3n) is 6.11. The summed E-state index contributed by atoms with van der Waals surface area (Å²) in [5.41, 5.74) is 1.22. The largest absolute Gasteiger partial charge is 0.379 e. The molecule has 4 rings (SSSR count). The molecule has 0 aromatic carbocycles. The Bertz CT molecular complexity index is 693. The number of ether oxygens (including phenoxy) is 1. The second-order valence-electron chi connectivity index (χ2n) is 8.10. The maximum absolute atomic E-state index is 12.6. The zero-order chi connectivity index (χ0) is 19.3. The van der Waals surface area contributed by atoms with Gasteiger partial charge in [0.05, 0.1) is 18.1 Å². The van der Waals surface area contributed by atoms with E-state index in [2.05, 4.69) is 16.3 Å². The summed E-state index contributed by atoms with van der Waals surface area (Å²) in [5.74, 6) is 0.396. The Kier molecular flexibility index (Phi) is 6.65. The van der Waals surface area contributed by atoms with E-state index >= 15 is 0 Å². The Morgan fingerprint density at radius 2 is 1.96 bits per heavy atom. The van der Waals surface area contributed by atoms with E-state index in [0.717, 1.165) is 95.9 Å². The van der Waals surface area contributed by atoms with Gasteiger partial charge in [-0.05, 0) is 56.7 Å². The van der Waals surface area contributed by atoms with Crippen molar-refractivity contribution in [3.05, 3.63) is 21.4 Å². The van der Waals surface area contributed by atoms with Crippen molar-refractivity contribution in [2.75, 3.05) is 52.5 Å². The molecule has 0 bridgehead atoms. The minimum Gasteiger partial charge on any atom is -0.379 e. The molecule has 2 aliphatic heterocycles. The van der Waals surface area contributed by atoms with Gasteiger partial charge in [-0.3, -0.25) is 14.5 Å². The summed E-state index contributed by atoms with van der Waals surface area (Å²) in [6, 6.07) is 2.05. The van der Waals surface area contributed by atoms with Gasteiger partial charge in [-0.25, -0.2) is 0 Å². The summed E-state index contributed by atoms with van der Waals surface area (Å²) in [4.78, 5) is 31.8. The summed E-state index contributed by atoms with van der Waals surface area (Å²) in [7, 11) is 0. The number of thiophene rings is 1. The number of morpholine rings is 1. The first-order valence-corrected chi connectivity index (χ1v) is 11.5. The highest BCUT2D eigenvalue weighted by atomic mass is 32.1. The van der Waals surface area contributed by atoms with Crippen molar-refractivity contribution in [3.8, 4) is 0 Å². The normalized spacial score (nSPS) is 22.9. The van der Waals surface area contributed by atoms with Crippen LogP contribution in [-0.4, -0.2) is 74.1 Å². The summed E-state index contributed by atoms with van der Waals surface area (Å²) in [6.07, 6.45) is 5.79. The average Bonchev–Trinajstić information content (AvgIpc) is 3.40. The highest BCUT2D eigenvalue weighted by Crippen LogP contribution is 2.33. The van der Waals surface area contributed by atoms with Crippen LogP contribution in [0, 0.1) is 5.92 Å². The van der Waals surface area contributed by atoms with Gasteiger partial charge in [-0.2, -0.15) is 0 Å². The molecule has 0 saturated carbocycles. The summed E-state index contributed by atoms with van der Waals surface area (Å²) < 4.78 is 5.36. The molecule has 1 atom stereocenters. The van der Waals surface area contributed by atoms with Gasteiger partial charge < -0.3 is 15.0 Å². The number of hydrogen-bond donors (Lipinski definition) is 1. The van der Waals surface area contributed by atoms with Gasteiger partial charge in [0.25, 0.3) is 5.91 Å². The Morgan fingerprint density at radius 1 is 1.18 bits per heavy atom. The molecule has 0 radical (unpaired) electrons. The van der Waals surface area contributed by atoms with Crippen molar-refractivity contribution >= 4 is 23.2 Å². The Hall–Kier alpha value is -1.44. The van der Waals surface area contributed by atoms with Gasteiger partial charge >= 0.3 is 0 Å². The van der Waals surface area contributed by atoms with Crippen LogP contribution in [0.1, 0.15) is 45.8 Å². The molecule has 0 unspecified atom stereocenters. The fraction of sp³-hybridized carbons (Fsp3) is 0.714. The number of carbonyl (C=O) groups is 2. The predicted octanol–water partition coefficient (Wildman–Crippen LogP) is 1.93. The van der Waals surface area contributed by atoms with Crippen LogP contribution in [0.5, 0.6) is 0 Å². The number of amides is 2. The lowest BCUT2D eigenvalue weighted by atomic mass is 9.87. The first-order chi connectivity index (χ1) is 13.7. The van der Waals surface area contributed by atoms with Crippen LogP contribution in [0.3, 0.4) is 0 Å². The number of hydrogen-bond acceptors (Lipinski definition) is 5. The van der Waals surface area contributed by atoms with Gasteiger partial charge in [0, 0.05) is 43.5 Å². The zero-order valence-corrected chi connectivity index (χ0v) is 17.4. The minimum atomic E-state index is 0.0419. The number of fused-ring (bicyclic) bond motifs is 1. The summed E-state index contributed by atoms with van der Waals surface area (Å²) in [6.45, 7) is 7.16. The van der Waals surface area contributed by atoms with Crippen molar-refractivity contribution < 1.29 is 14.3 Å². The van der Waals surface area contributed by atoms with E-state index in [1.165, 1.54) is 10.4 Å². The van der Waals surface area contributed by atoms with E-state index in [-0.39, 0.29) is 17.7 Å². The molecule has 1 aliphatic carbocycles. The molecule has 2 fully saturated rings. The Labute approximate surface area is 171 Å². The smallest absolute Gasteiger partial charge is 0.263 e. The van der Waals surface area contributed by atoms with Crippen LogP contribution in [-0.2, 0) is 22.4 Å². The molecule has 2 saturated heterocycles. The molecule has 0 spiro atoms. The highest BCUT2D eigenvalue weighted by Gasteiger charge is 2.29. The Morgan fingerprint density at radius 3 is 2.75 bits per heavy atom. The summed E-state index contributed by atoms with van der Waals surface area (Å²) >= 11 is 1.64. The monoisotopic (exact) mass is 405 g/mol. The molecule has 3 aliphatic rings. The molecular weight excluding hydrogens is 374 g/mol. The zero-order valence-electron chi connectivity index (χ0n) is 16.6.